The molecule has 1 aliphatic rings. The van der Waals surface area contributed by atoms with E-state index < -0.39 is 0 Å². The summed E-state index contributed by atoms with van der Waals surface area (Å²) >= 11 is 0. The first kappa shape index (κ1) is 19.7. The molecule has 1 aliphatic heterocycles. The number of ether oxygens (including phenoxy) is 1. The maximum atomic E-state index is 6.26. The van der Waals surface area contributed by atoms with E-state index in [4.69, 9.17) is 16.2 Å². The summed E-state index contributed by atoms with van der Waals surface area (Å²) in [4.78, 5) is 10.9. The fraction of sp³-hybridized carbons (Fsp3) is 0.280. The van der Waals surface area contributed by atoms with Gasteiger partial charge in [0.05, 0.1) is 18.2 Å². The van der Waals surface area contributed by atoms with Crippen LogP contribution in [0.3, 0.4) is 0 Å². The molecule has 0 amide bonds. The molecule has 0 unspecified atom stereocenters. The molecule has 0 saturated carbocycles. The lowest BCUT2D eigenvalue weighted by Crippen LogP contribution is -2.36. The van der Waals surface area contributed by atoms with Crippen molar-refractivity contribution in [2.24, 2.45) is 0 Å². The molecule has 31 heavy (non-hydrogen) atoms. The van der Waals surface area contributed by atoms with Crippen LogP contribution in [0.5, 0.6) is 0 Å². The van der Waals surface area contributed by atoms with Crippen molar-refractivity contribution in [1.29, 1.82) is 0 Å². The van der Waals surface area contributed by atoms with Gasteiger partial charge in [0.15, 0.2) is 0 Å². The molecule has 1 saturated heterocycles. The Morgan fingerprint density at radius 3 is 2.48 bits per heavy atom. The van der Waals surface area contributed by atoms with Crippen LogP contribution in [-0.4, -0.2) is 34.1 Å². The van der Waals surface area contributed by atoms with Crippen LogP contribution in [0.1, 0.15) is 24.0 Å². The molecule has 0 atom stereocenters. The quantitative estimate of drug-likeness (QED) is 0.511. The van der Waals surface area contributed by atoms with Crippen LogP contribution >= 0.6 is 0 Å². The molecule has 4 N–H and O–H groups in total. The molecular formula is C25H27N5O. The molecule has 5 rings (SSSR count). The third-order valence-electron chi connectivity index (χ3n) is 6.14. The predicted molar refractivity (Wildman–Crippen MR) is 125 cm³/mol. The smallest absolute Gasteiger partial charge is 0.222 e. The number of fused-ring (bicyclic) bond motifs is 2. The Balaban J connectivity index is 1.21. The number of hydrogen-bond acceptors (Lipinski definition) is 6. The van der Waals surface area contributed by atoms with Crippen molar-refractivity contribution >= 4 is 33.4 Å². The van der Waals surface area contributed by atoms with E-state index in [1.807, 2.05) is 18.2 Å². The first-order chi connectivity index (χ1) is 15.2. The van der Waals surface area contributed by atoms with Gasteiger partial charge in [0.25, 0.3) is 0 Å². The largest absolute Gasteiger partial charge is 0.383 e. The predicted octanol–water partition coefficient (Wildman–Crippen LogP) is 4.13. The number of likely N-dealkylation sites (tertiary alicyclic amines) is 1. The number of piperidine rings is 1. The van der Waals surface area contributed by atoms with E-state index >= 15 is 0 Å². The minimum absolute atomic E-state index is 0.196. The number of aromatic nitrogens is 2. The van der Waals surface area contributed by atoms with E-state index in [0.717, 1.165) is 48.9 Å². The molecule has 0 aliphatic carbocycles. The van der Waals surface area contributed by atoms with E-state index in [0.29, 0.717) is 12.4 Å². The second-order valence-electron chi connectivity index (χ2n) is 8.20. The van der Waals surface area contributed by atoms with Crippen molar-refractivity contribution in [3.05, 3.63) is 71.8 Å². The van der Waals surface area contributed by atoms with Gasteiger partial charge in [-0.1, -0.05) is 54.6 Å². The van der Waals surface area contributed by atoms with Gasteiger partial charge in [0.2, 0.25) is 5.95 Å². The fourth-order valence-corrected chi connectivity index (χ4v) is 4.54. The number of nitrogen functional groups attached to an aromatic ring is 2. The topological polar surface area (TPSA) is 90.3 Å². The maximum absolute atomic E-state index is 6.26. The Morgan fingerprint density at radius 2 is 1.61 bits per heavy atom. The van der Waals surface area contributed by atoms with Crippen molar-refractivity contribution < 1.29 is 4.74 Å². The highest BCUT2D eigenvalue weighted by Gasteiger charge is 2.21. The zero-order chi connectivity index (χ0) is 21.2. The van der Waals surface area contributed by atoms with Crippen molar-refractivity contribution in [3.63, 3.8) is 0 Å². The molecule has 1 fully saturated rings. The highest BCUT2D eigenvalue weighted by molar-refractivity contribution is 5.91. The first-order valence-corrected chi connectivity index (χ1v) is 10.8. The van der Waals surface area contributed by atoms with E-state index in [1.165, 1.54) is 16.3 Å². The average Bonchev–Trinajstić information content (AvgIpc) is 2.78. The van der Waals surface area contributed by atoms with Gasteiger partial charge in [-0.05, 0) is 40.8 Å². The van der Waals surface area contributed by atoms with Crippen LogP contribution in [0.15, 0.2) is 60.7 Å². The molecule has 2 heterocycles. The number of benzene rings is 3. The summed E-state index contributed by atoms with van der Waals surface area (Å²) in [7, 11) is 0. The Hall–Kier alpha value is -3.22. The van der Waals surface area contributed by atoms with Crippen molar-refractivity contribution in [2.75, 3.05) is 24.6 Å². The first-order valence-electron chi connectivity index (χ1n) is 10.8. The minimum atomic E-state index is 0.196. The molecular weight excluding hydrogens is 386 g/mol. The molecule has 0 bridgehead atoms. The third-order valence-corrected chi connectivity index (χ3v) is 6.14. The number of anilines is 2. The molecule has 6 heteroatoms. The van der Waals surface area contributed by atoms with Gasteiger partial charge < -0.3 is 16.2 Å². The summed E-state index contributed by atoms with van der Waals surface area (Å²) < 4.78 is 6.26. The summed E-state index contributed by atoms with van der Waals surface area (Å²) in [5.41, 5.74) is 15.0. The van der Waals surface area contributed by atoms with Gasteiger partial charge in [0.1, 0.15) is 5.82 Å². The number of nitrogens with zero attached hydrogens (tertiary/aromatic N) is 3. The summed E-state index contributed by atoms with van der Waals surface area (Å²) in [6.07, 6.45) is 2.29. The number of hydrogen-bond donors (Lipinski definition) is 2. The lowest BCUT2D eigenvalue weighted by atomic mass is 10.0. The van der Waals surface area contributed by atoms with Crippen LogP contribution in [0.4, 0.5) is 11.8 Å². The summed E-state index contributed by atoms with van der Waals surface area (Å²) in [5.74, 6) is 0.605. The van der Waals surface area contributed by atoms with Gasteiger partial charge in [-0.25, -0.2) is 4.98 Å². The SMILES string of the molecule is Nc1nc(N)c2c(COC3CCN(Cc4cccc5ccccc45)CC3)cccc2n1. The van der Waals surface area contributed by atoms with Crippen LogP contribution in [0, 0.1) is 0 Å². The Kier molecular flexibility index (Phi) is 5.40. The van der Waals surface area contributed by atoms with Crippen molar-refractivity contribution in [2.45, 2.75) is 32.1 Å². The van der Waals surface area contributed by atoms with Crippen LogP contribution in [0.2, 0.25) is 0 Å². The van der Waals surface area contributed by atoms with Gasteiger partial charge in [-0.15, -0.1) is 0 Å². The van der Waals surface area contributed by atoms with Crippen LogP contribution < -0.4 is 11.5 Å². The zero-order valence-corrected chi connectivity index (χ0v) is 17.5. The van der Waals surface area contributed by atoms with E-state index in [-0.39, 0.29) is 12.1 Å². The van der Waals surface area contributed by atoms with Gasteiger partial charge in [-0.3, -0.25) is 4.90 Å². The van der Waals surface area contributed by atoms with Gasteiger partial charge >= 0.3 is 0 Å². The third kappa shape index (κ3) is 4.17. The lowest BCUT2D eigenvalue weighted by molar-refractivity contribution is -0.00342. The van der Waals surface area contributed by atoms with Crippen molar-refractivity contribution in [3.8, 4) is 0 Å². The lowest BCUT2D eigenvalue weighted by Gasteiger charge is -2.32. The summed E-state index contributed by atoms with van der Waals surface area (Å²) in [6, 6.07) is 21.1. The standard InChI is InChI=1S/C25H27N5O/c26-24-23-19(8-4-10-22(23)28-25(27)29-24)16-31-20-11-13-30(14-12-20)15-18-7-3-6-17-5-1-2-9-21(17)18/h1-10,20H,11-16H2,(H4,26,27,28,29). The van der Waals surface area contributed by atoms with Crippen LogP contribution in [-0.2, 0) is 17.9 Å². The molecule has 158 valence electrons. The second kappa shape index (κ2) is 8.49. The zero-order valence-electron chi connectivity index (χ0n) is 17.5. The second-order valence-corrected chi connectivity index (χ2v) is 8.20. The fourth-order valence-electron chi connectivity index (χ4n) is 4.54. The van der Waals surface area contributed by atoms with Gasteiger partial charge in [0, 0.05) is 25.0 Å². The van der Waals surface area contributed by atoms with E-state index in [9.17, 15) is 0 Å². The van der Waals surface area contributed by atoms with E-state index in [1.54, 1.807) is 0 Å². The number of nitrogens with two attached hydrogens (primary N) is 2. The summed E-state index contributed by atoms with van der Waals surface area (Å²) in [5, 5.41) is 3.49. The normalized spacial score (nSPS) is 15.6. The molecule has 0 radical (unpaired) electrons. The molecule has 6 nitrogen and oxygen atoms in total. The molecule has 4 aromatic rings. The van der Waals surface area contributed by atoms with E-state index in [2.05, 4.69) is 57.3 Å². The molecule has 0 spiro atoms. The monoisotopic (exact) mass is 413 g/mol. The Morgan fingerprint density at radius 1 is 0.871 bits per heavy atom. The highest BCUT2D eigenvalue weighted by atomic mass is 16.5. The highest BCUT2D eigenvalue weighted by Crippen LogP contribution is 2.26. The number of rotatable bonds is 5. The van der Waals surface area contributed by atoms with Crippen molar-refractivity contribution in [1.82, 2.24) is 14.9 Å². The average molecular weight is 414 g/mol. The van der Waals surface area contributed by atoms with Gasteiger partial charge in [-0.2, -0.15) is 4.98 Å². The maximum Gasteiger partial charge on any atom is 0.222 e. The Labute approximate surface area is 181 Å². The van der Waals surface area contributed by atoms with Crippen LogP contribution in [0.25, 0.3) is 21.7 Å². The summed E-state index contributed by atoms with van der Waals surface area (Å²) in [6.45, 7) is 3.55. The molecule has 3 aromatic carbocycles. The Bertz CT molecular complexity index is 1210. The minimum Gasteiger partial charge on any atom is -0.383 e. The molecule has 1 aromatic heterocycles.